The molecule has 0 aromatic heterocycles. The lowest BCUT2D eigenvalue weighted by Crippen LogP contribution is -2.36. The standard InChI is InChI=1S/C18H21BrN2O3/c1-23-16-9-12(15(19)10-17(16)24-2)8-13(11-20)18(22)21-14-6-4-3-5-7-14/h8-10,14H,3-7H2,1-2H3,(H,21,22)/b13-8-. The number of hydrogen-bond acceptors (Lipinski definition) is 4. The number of hydrogen-bond donors (Lipinski definition) is 1. The van der Waals surface area contributed by atoms with Crippen LogP contribution in [0.4, 0.5) is 0 Å². The van der Waals surface area contributed by atoms with Gasteiger partial charge in [-0.05, 0) is 36.6 Å². The first-order valence-electron chi connectivity index (χ1n) is 7.93. The van der Waals surface area contributed by atoms with Crippen molar-refractivity contribution in [1.29, 1.82) is 5.26 Å². The fourth-order valence-electron chi connectivity index (χ4n) is 2.79. The minimum absolute atomic E-state index is 0.0773. The molecule has 0 heterocycles. The van der Waals surface area contributed by atoms with Crippen molar-refractivity contribution in [2.45, 2.75) is 38.1 Å². The average molecular weight is 393 g/mol. The molecule has 0 saturated heterocycles. The van der Waals surface area contributed by atoms with Crippen LogP contribution in [0.1, 0.15) is 37.7 Å². The fourth-order valence-corrected chi connectivity index (χ4v) is 3.23. The Kier molecular flexibility index (Phi) is 6.68. The van der Waals surface area contributed by atoms with Crippen molar-refractivity contribution in [3.63, 3.8) is 0 Å². The van der Waals surface area contributed by atoms with E-state index in [1.54, 1.807) is 32.4 Å². The highest BCUT2D eigenvalue weighted by Crippen LogP contribution is 2.34. The molecule has 0 unspecified atom stereocenters. The Bertz CT molecular complexity index is 674. The third-order valence-electron chi connectivity index (χ3n) is 4.11. The van der Waals surface area contributed by atoms with Gasteiger partial charge in [-0.1, -0.05) is 35.2 Å². The Hall–Kier alpha value is -2.00. The molecular formula is C18H21BrN2O3. The van der Waals surface area contributed by atoms with E-state index >= 15 is 0 Å². The minimum Gasteiger partial charge on any atom is -0.493 e. The molecule has 0 radical (unpaired) electrons. The van der Waals surface area contributed by atoms with E-state index in [9.17, 15) is 10.1 Å². The summed E-state index contributed by atoms with van der Waals surface area (Å²) >= 11 is 3.44. The second-order valence-corrected chi connectivity index (χ2v) is 6.56. The van der Waals surface area contributed by atoms with Gasteiger partial charge < -0.3 is 14.8 Å². The second kappa shape index (κ2) is 8.74. The molecule has 1 aliphatic carbocycles. The lowest BCUT2D eigenvalue weighted by molar-refractivity contribution is -0.117. The molecule has 1 N–H and O–H groups in total. The highest BCUT2D eigenvalue weighted by molar-refractivity contribution is 9.10. The number of nitrogens with zero attached hydrogens (tertiary/aromatic N) is 1. The molecule has 1 aromatic rings. The summed E-state index contributed by atoms with van der Waals surface area (Å²) in [6.07, 6.45) is 6.97. The van der Waals surface area contributed by atoms with Gasteiger partial charge in [0.15, 0.2) is 11.5 Å². The van der Waals surface area contributed by atoms with Gasteiger partial charge in [0.25, 0.3) is 5.91 Å². The zero-order chi connectivity index (χ0) is 17.5. The number of rotatable bonds is 5. The zero-order valence-electron chi connectivity index (χ0n) is 13.9. The van der Waals surface area contributed by atoms with Gasteiger partial charge in [-0.3, -0.25) is 4.79 Å². The van der Waals surface area contributed by atoms with Crippen LogP contribution >= 0.6 is 15.9 Å². The lowest BCUT2D eigenvalue weighted by atomic mass is 9.95. The van der Waals surface area contributed by atoms with Gasteiger partial charge in [0.2, 0.25) is 0 Å². The van der Waals surface area contributed by atoms with Crippen molar-refractivity contribution >= 4 is 27.9 Å². The van der Waals surface area contributed by atoms with E-state index in [4.69, 9.17) is 9.47 Å². The van der Waals surface area contributed by atoms with E-state index in [1.807, 2.05) is 6.07 Å². The second-order valence-electron chi connectivity index (χ2n) is 5.71. The van der Waals surface area contributed by atoms with Gasteiger partial charge in [0, 0.05) is 10.5 Å². The van der Waals surface area contributed by atoms with Crippen LogP contribution < -0.4 is 14.8 Å². The molecule has 1 fully saturated rings. The Morgan fingerprint density at radius 1 is 1.25 bits per heavy atom. The molecule has 6 heteroatoms. The predicted molar refractivity (Wildman–Crippen MR) is 95.9 cm³/mol. The largest absolute Gasteiger partial charge is 0.493 e. The molecule has 24 heavy (non-hydrogen) atoms. The number of nitriles is 1. The van der Waals surface area contributed by atoms with E-state index in [2.05, 4.69) is 21.2 Å². The number of carbonyl (C=O) groups excluding carboxylic acids is 1. The normalized spacial score (nSPS) is 15.5. The molecule has 1 aromatic carbocycles. The quantitative estimate of drug-likeness (QED) is 0.610. The summed E-state index contributed by atoms with van der Waals surface area (Å²) in [5, 5.41) is 12.3. The highest BCUT2D eigenvalue weighted by Gasteiger charge is 2.18. The third kappa shape index (κ3) is 4.51. The Morgan fingerprint density at radius 2 is 1.88 bits per heavy atom. The minimum atomic E-state index is -0.328. The lowest BCUT2D eigenvalue weighted by Gasteiger charge is -2.22. The van der Waals surface area contributed by atoms with Gasteiger partial charge in [-0.25, -0.2) is 0 Å². The summed E-state index contributed by atoms with van der Waals surface area (Å²) in [7, 11) is 3.10. The molecule has 1 amide bonds. The van der Waals surface area contributed by atoms with Crippen molar-refractivity contribution in [3.8, 4) is 17.6 Å². The molecule has 128 valence electrons. The Labute approximate surface area is 150 Å². The van der Waals surface area contributed by atoms with Gasteiger partial charge in [0.1, 0.15) is 11.6 Å². The molecule has 1 saturated carbocycles. The van der Waals surface area contributed by atoms with Crippen molar-refractivity contribution in [2.75, 3.05) is 14.2 Å². The van der Waals surface area contributed by atoms with Gasteiger partial charge in [-0.15, -0.1) is 0 Å². The van der Waals surface area contributed by atoms with Crippen LogP contribution in [0.25, 0.3) is 6.08 Å². The van der Waals surface area contributed by atoms with Crippen LogP contribution in [0.5, 0.6) is 11.5 Å². The SMILES string of the molecule is COc1cc(Br)c(/C=C(/C#N)C(=O)NC2CCCCC2)cc1OC. The van der Waals surface area contributed by atoms with Crippen molar-refractivity contribution < 1.29 is 14.3 Å². The van der Waals surface area contributed by atoms with E-state index < -0.39 is 0 Å². The number of ether oxygens (including phenoxy) is 2. The molecule has 1 aliphatic rings. The predicted octanol–water partition coefficient (Wildman–Crippen LogP) is 3.82. The highest BCUT2D eigenvalue weighted by atomic mass is 79.9. The van der Waals surface area contributed by atoms with Crippen LogP contribution in [-0.4, -0.2) is 26.2 Å². The maximum atomic E-state index is 12.4. The summed E-state index contributed by atoms with van der Waals surface area (Å²) < 4.78 is 11.2. The van der Waals surface area contributed by atoms with Crippen LogP contribution in [0, 0.1) is 11.3 Å². The summed E-state index contributed by atoms with van der Waals surface area (Å²) in [5.74, 6) is 0.787. The molecule has 0 spiro atoms. The topological polar surface area (TPSA) is 71.3 Å². The molecule has 2 rings (SSSR count). The summed E-state index contributed by atoms with van der Waals surface area (Å²) in [6.45, 7) is 0. The van der Waals surface area contributed by atoms with Gasteiger partial charge in [0.05, 0.1) is 14.2 Å². The third-order valence-corrected chi connectivity index (χ3v) is 4.79. The first kappa shape index (κ1) is 18.3. The van der Waals surface area contributed by atoms with Gasteiger partial charge >= 0.3 is 0 Å². The maximum Gasteiger partial charge on any atom is 0.262 e. The van der Waals surface area contributed by atoms with Crippen LogP contribution in [-0.2, 0) is 4.79 Å². The fraction of sp³-hybridized carbons (Fsp3) is 0.444. The molecule has 0 aliphatic heterocycles. The number of methoxy groups -OCH3 is 2. The Morgan fingerprint density at radius 3 is 2.46 bits per heavy atom. The summed E-state index contributed by atoms with van der Waals surface area (Å²) in [5.41, 5.74) is 0.761. The first-order valence-corrected chi connectivity index (χ1v) is 8.72. The van der Waals surface area contributed by atoms with Crippen LogP contribution in [0.2, 0.25) is 0 Å². The number of benzene rings is 1. The zero-order valence-corrected chi connectivity index (χ0v) is 15.5. The van der Waals surface area contributed by atoms with E-state index in [0.29, 0.717) is 17.1 Å². The molecule has 0 bridgehead atoms. The molecule has 0 atom stereocenters. The van der Waals surface area contributed by atoms with Crippen molar-refractivity contribution in [2.24, 2.45) is 0 Å². The smallest absolute Gasteiger partial charge is 0.262 e. The number of nitrogens with one attached hydrogen (secondary N) is 1. The Balaban J connectivity index is 2.23. The number of amides is 1. The van der Waals surface area contributed by atoms with E-state index in [1.165, 1.54) is 6.42 Å². The van der Waals surface area contributed by atoms with Crippen LogP contribution in [0.15, 0.2) is 22.2 Å². The maximum absolute atomic E-state index is 12.4. The monoisotopic (exact) mass is 392 g/mol. The van der Waals surface area contributed by atoms with E-state index in [0.717, 1.165) is 30.2 Å². The van der Waals surface area contributed by atoms with Gasteiger partial charge in [-0.2, -0.15) is 5.26 Å². The molecular weight excluding hydrogens is 372 g/mol. The number of halogens is 1. The van der Waals surface area contributed by atoms with Crippen molar-refractivity contribution in [3.05, 3.63) is 27.7 Å². The summed E-state index contributed by atoms with van der Waals surface area (Å²) in [4.78, 5) is 12.4. The number of carbonyl (C=O) groups is 1. The van der Waals surface area contributed by atoms with Crippen molar-refractivity contribution in [1.82, 2.24) is 5.32 Å². The average Bonchev–Trinajstić information content (AvgIpc) is 2.61. The molecule has 5 nitrogen and oxygen atoms in total. The summed E-state index contributed by atoms with van der Waals surface area (Å²) in [6, 6.07) is 5.63. The van der Waals surface area contributed by atoms with E-state index in [-0.39, 0.29) is 17.5 Å². The first-order chi connectivity index (χ1) is 11.6. The van der Waals surface area contributed by atoms with Crippen LogP contribution in [0.3, 0.4) is 0 Å².